The first-order chi connectivity index (χ1) is 21.7. The van der Waals surface area contributed by atoms with Crippen molar-refractivity contribution in [1.29, 1.82) is 0 Å². The van der Waals surface area contributed by atoms with Crippen LogP contribution < -0.4 is 40.5 Å². The van der Waals surface area contributed by atoms with Gasteiger partial charge < -0.3 is 36.1 Å². The molecule has 4 aromatic rings. The van der Waals surface area contributed by atoms with Crippen LogP contribution in [0.15, 0.2) is 30.6 Å². The van der Waals surface area contributed by atoms with Crippen molar-refractivity contribution in [3.8, 4) is 17.2 Å². The number of aryl methyl sites for hydroxylation is 2. The maximum absolute atomic E-state index is 13.1. The molecule has 0 unspecified atom stereocenters. The minimum atomic E-state index is -0.521. The molecule has 1 aromatic carbocycles. The summed E-state index contributed by atoms with van der Waals surface area (Å²) in [6.45, 7) is 5.94. The van der Waals surface area contributed by atoms with E-state index in [0.717, 1.165) is 36.2 Å². The molecule has 0 atom stereocenters. The Labute approximate surface area is 270 Å². The highest BCUT2D eigenvalue weighted by atomic mass is 35.5. The molecule has 0 radical (unpaired) electrons. The summed E-state index contributed by atoms with van der Waals surface area (Å²) in [6, 6.07) is 5.29. The molecule has 5 N–H and O–H groups in total. The Hall–Kier alpha value is -4.07. The lowest BCUT2D eigenvalue weighted by Crippen LogP contribution is -2.44. The molecule has 0 aliphatic carbocycles. The number of rotatable bonds is 12. The molecule has 15 heteroatoms. The van der Waals surface area contributed by atoms with Crippen LogP contribution in [-0.4, -0.2) is 47.4 Å². The molecule has 5 rings (SSSR count). The van der Waals surface area contributed by atoms with Gasteiger partial charge in [0.15, 0.2) is 52.0 Å². The minimum Gasteiger partial charge on any atom is -0.868 e. The van der Waals surface area contributed by atoms with Crippen molar-refractivity contribution in [3.05, 3.63) is 52.3 Å². The third kappa shape index (κ3) is 7.43. The number of fused-ring (bicyclic) bond motifs is 1. The Morgan fingerprint density at radius 3 is 2.69 bits per heavy atom. The number of ether oxygens (including phenoxy) is 3. The van der Waals surface area contributed by atoms with Gasteiger partial charge in [-0.05, 0) is 31.6 Å². The van der Waals surface area contributed by atoms with Crippen molar-refractivity contribution in [2.24, 2.45) is 5.92 Å². The zero-order valence-electron chi connectivity index (χ0n) is 25.2. The van der Waals surface area contributed by atoms with E-state index in [0.29, 0.717) is 61.8 Å². The van der Waals surface area contributed by atoms with Crippen LogP contribution in [-0.2, 0) is 30.9 Å². The molecule has 1 aliphatic heterocycles. The van der Waals surface area contributed by atoms with Gasteiger partial charge in [0.2, 0.25) is 6.20 Å². The first-order valence-electron chi connectivity index (χ1n) is 14.7. The maximum atomic E-state index is 13.1. The number of anilines is 2. The Morgan fingerprint density at radius 1 is 1.18 bits per heavy atom. The number of nitrogens with zero attached hydrogens (tertiary/aromatic N) is 5. The summed E-state index contributed by atoms with van der Waals surface area (Å²) in [5.41, 5.74) is 13.3. The Balaban J connectivity index is 1.41. The van der Waals surface area contributed by atoms with Gasteiger partial charge in [0.25, 0.3) is 11.7 Å². The highest BCUT2D eigenvalue weighted by molar-refractivity contribution is 6.32. The van der Waals surface area contributed by atoms with Crippen LogP contribution >= 0.6 is 23.2 Å². The van der Waals surface area contributed by atoms with E-state index < -0.39 is 5.91 Å². The monoisotopic (exact) mass is 659 g/mol. The number of imidazole rings is 1. The Morgan fingerprint density at radius 2 is 1.96 bits per heavy atom. The van der Waals surface area contributed by atoms with Crippen LogP contribution in [0.1, 0.15) is 42.5 Å². The smallest absolute Gasteiger partial charge is 0.277 e. The number of halogens is 2. The van der Waals surface area contributed by atoms with Gasteiger partial charge >= 0.3 is 0 Å². The van der Waals surface area contributed by atoms with Crippen LogP contribution in [0, 0.1) is 5.92 Å². The van der Waals surface area contributed by atoms with Gasteiger partial charge in [-0.2, -0.15) is 0 Å². The van der Waals surface area contributed by atoms with E-state index in [1.807, 2.05) is 19.1 Å². The molecular weight excluding hydrogens is 623 g/mol. The molecular formula is C30H37Cl2N8O5+. The Bertz CT molecular complexity index is 1690. The number of pyridine rings is 1. The van der Waals surface area contributed by atoms with Gasteiger partial charge in [-0.3, -0.25) is 4.79 Å². The standard InChI is InChI=1S/C30H36Cl2N8O5/c1-3-39-22-12-21(31)24(45-8-4-7-38-16-19(41)11-20(17-38)43-2)13-23(22)40(15-18-5-9-44-10-6-18)25(39)14-35-30(42)26-28(33)37-29(34)27(32)36-26/h11-13,16-18H,3-10,14-15H2,1-2H3,(H4-2,33,34,35,37,41,42)/p+1. The van der Waals surface area contributed by atoms with Crippen LogP contribution in [0.3, 0.4) is 0 Å². The molecule has 45 heavy (non-hydrogen) atoms. The van der Waals surface area contributed by atoms with Crippen LogP contribution in [0.5, 0.6) is 17.2 Å². The summed E-state index contributed by atoms with van der Waals surface area (Å²) >= 11 is 12.8. The van der Waals surface area contributed by atoms with Gasteiger partial charge in [0.05, 0.1) is 31.8 Å². The predicted molar refractivity (Wildman–Crippen MR) is 166 cm³/mol. The van der Waals surface area contributed by atoms with Crippen molar-refractivity contribution in [2.75, 3.05) is 38.4 Å². The highest BCUT2D eigenvalue weighted by Gasteiger charge is 2.30. The zero-order valence-corrected chi connectivity index (χ0v) is 26.7. The van der Waals surface area contributed by atoms with E-state index in [2.05, 4.69) is 24.4 Å². The predicted octanol–water partition coefficient (Wildman–Crippen LogP) is 2.41. The molecule has 3 aromatic heterocycles. The number of aromatic nitrogens is 5. The van der Waals surface area contributed by atoms with E-state index in [1.165, 1.54) is 19.4 Å². The van der Waals surface area contributed by atoms with E-state index in [9.17, 15) is 9.90 Å². The molecule has 240 valence electrons. The summed E-state index contributed by atoms with van der Waals surface area (Å²) in [7, 11) is 1.53. The molecule has 13 nitrogen and oxygen atoms in total. The second kappa shape index (κ2) is 14.4. The molecule has 1 fully saturated rings. The first kappa shape index (κ1) is 32.3. The second-order valence-corrected chi connectivity index (χ2v) is 11.5. The number of hydrogen-bond donors (Lipinski definition) is 3. The summed E-state index contributed by atoms with van der Waals surface area (Å²) < 4.78 is 23.1. The highest BCUT2D eigenvalue weighted by Crippen LogP contribution is 2.31. The third-order valence-corrected chi connectivity index (χ3v) is 8.36. The molecule has 0 bridgehead atoms. The molecule has 0 saturated carbocycles. The van der Waals surface area contributed by atoms with Crippen molar-refractivity contribution < 1.29 is 33.2 Å². The quantitative estimate of drug-likeness (QED) is 0.153. The summed E-state index contributed by atoms with van der Waals surface area (Å²) in [6.07, 6.45) is 5.80. The largest absolute Gasteiger partial charge is 0.868 e. The number of amides is 1. The van der Waals surface area contributed by atoms with E-state index in [4.69, 9.17) is 48.9 Å². The lowest BCUT2D eigenvalue weighted by Gasteiger charge is -2.21. The van der Waals surface area contributed by atoms with Gasteiger partial charge in [-0.1, -0.05) is 23.2 Å². The molecule has 1 amide bonds. The van der Waals surface area contributed by atoms with Crippen molar-refractivity contribution in [3.63, 3.8) is 0 Å². The van der Waals surface area contributed by atoms with Crippen molar-refractivity contribution in [2.45, 2.75) is 52.4 Å². The number of nitrogen functional groups attached to an aromatic ring is 2. The van der Waals surface area contributed by atoms with Gasteiger partial charge in [0, 0.05) is 37.7 Å². The topological polar surface area (TPSA) is 170 Å². The Kier molecular flexibility index (Phi) is 10.3. The first-order valence-corrected chi connectivity index (χ1v) is 15.5. The van der Waals surface area contributed by atoms with E-state index in [-0.39, 0.29) is 34.8 Å². The van der Waals surface area contributed by atoms with Gasteiger partial charge in [-0.25, -0.2) is 23.7 Å². The number of nitrogens with one attached hydrogen (secondary N) is 1. The summed E-state index contributed by atoms with van der Waals surface area (Å²) in [5.74, 6) is 1.52. The fraction of sp³-hybridized carbons (Fsp3) is 0.433. The van der Waals surface area contributed by atoms with E-state index >= 15 is 0 Å². The lowest BCUT2D eigenvalue weighted by atomic mass is 10.0. The SMILES string of the molecule is CCn1c(CNC(=O)c2nc(Cl)c(N)nc2N)[n+](CC2CCOCC2)c2cc(OCCC[n+]3cc([O-])cc(OC)c3)c(Cl)cc21. The molecule has 1 aliphatic rings. The number of methoxy groups -OCH3 is 1. The number of carbonyl (C=O) groups excluding carboxylic acids is 1. The summed E-state index contributed by atoms with van der Waals surface area (Å²) in [5, 5.41) is 15.2. The maximum Gasteiger partial charge on any atom is 0.277 e. The third-order valence-electron chi connectivity index (χ3n) is 7.78. The fourth-order valence-corrected chi connectivity index (χ4v) is 5.87. The van der Waals surface area contributed by atoms with Crippen molar-refractivity contribution >= 4 is 51.8 Å². The van der Waals surface area contributed by atoms with Crippen molar-refractivity contribution in [1.82, 2.24) is 19.9 Å². The molecule has 0 spiro atoms. The lowest BCUT2D eigenvalue weighted by molar-refractivity contribution is -0.699. The molecule has 4 heterocycles. The van der Waals surface area contributed by atoms with Crippen LogP contribution in [0.4, 0.5) is 11.6 Å². The zero-order chi connectivity index (χ0) is 32.1. The second-order valence-electron chi connectivity index (χ2n) is 10.8. The van der Waals surface area contributed by atoms with Gasteiger partial charge in [-0.15, -0.1) is 0 Å². The van der Waals surface area contributed by atoms with E-state index in [1.54, 1.807) is 10.8 Å². The number of carbonyl (C=O) groups is 1. The average molecular weight is 661 g/mol. The summed E-state index contributed by atoms with van der Waals surface area (Å²) in [4.78, 5) is 21.1. The fourth-order valence-electron chi connectivity index (χ4n) is 5.53. The number of hydrogen-bond acceptors (Lipinski definition) is 9. The van der Waals surface area contributed by atoms with Crippen LogP contribution in [0.2, 0.25) is 10.2 Å². The average Bonchev–Trinajstić information content (AvgIpc) is 3.30. The normalized spacial score (nSPS) is 13.7. The van der Waals surface area contributed by atoms with Crippen LogP contribution in [0.25, 0.3) is 11.0 Å². The number of benzene rings is 1. The minimum absolute atomic E-state index is 0.0447. The molecule has 1 saturated heterocycles. The number of nitrogens with two attached hydrogens (primary N) is 2. The van der Waals surface area contributed by atoms with Gasteiger partial charge in [0.1, 0.15) is 12.3 Å².